The second-order valence-corrected chi connectivity index (χ2v) is 7.72. The van der Waals surface area contributed by atoms with E-state index in [0.717, 1.165) is 44.7 Å². The Morgan fingerprint density at radius 2 is 1.36 bits per heavy atom. The van der Waals surface area contributed by atoms with Gasteiger partial charge in [-0.05, 0) is 56.4 Å². The van der Waals surface area contributed by atoms with Crippen molar-refractivity contribution in [3.05, 3.63) is 42.2 Å². The fourth-order valence-electron chi connectivity index (χ4n) is 4.00. The number of carbonyl (C=O) groups excluding carboxylic acids is 1. The Balaban J connectivity index is 1.36. The van der Waals surface area contributed by atoms with E-state index >= 15 is 0 Å². The first-order valence-corrected chi connectivity index (χ1v) is 10.5. The molecule has 148 valence electrons. The number of rotatable bonds is 4. The van der Waals surface area contributed by atoms with Crippen molar-refractivity contribution in [3.8, 4) is 0 Å². The van der Waals surface area contributed by atoms with E-state index in [-0.39, 0.29) is 5.91 Å². The third-order valence-electron chi connectivity index (χ3n) is 5.64. The van der Waals surface area contributed by atoms with Crippen LogP contribution in [0.4, 0.5) is 17.3 Å². The van der Waals surface area contributed by atoms with Crippen LogP contribution < -0.4 is 10.2 Å². The van der Waals surface area contributed by atoms with Crippen LogP contribution in [-0.4, -0.2) is 47.0 Å². The van der Waals surface area contributed by atoms with Crippen LogP contribution in [0.3, 0.4) is 0 Å². The molecule has 2 aliphatic heterocycles. The number of amides is 1. The molecule has 0 atom stereocenters. The Morgan fingerprint density at radius 3 is 2.00 bits per heavy atom. The Labute approximate surface area is 167 Å². The highest BCUT2D eigenvalue weighted by Crippen LogP contribution is 2.23. The van der Waals surface area contributed by atoms with Gasteiger partial charge in [-0.3, -0.25) is 4.79 Å². The maximum absolute atomic E-state index is 12.6. The molecule has 6 nitrogen and oxygen atoms in total. The Bertz CT molecular complexity index is 761. The minimum atomic E-state index is 0.0411. The smallest absolute Gasteiger partial charge is 0.256 e. The number of nitrogens with one attached hydrogen (secondary N) is 1. The molecular weight excluding hydrogens is 350 g/mol. The number of piperidine rings is 1. The molecule has 3 heterocycles. The molecule has 2 aromatic rings. The number of nitrogens with zero attached hydrogens (tertiary/aromatic N) is 4. The normalized spacial score (nSPS) is 17.9. The summed E-state index contributed by atoms with van der Waals surface area (Å²) in [6.07, 6.45) is 11.7. The van der Waals surface area contributed by atoms with Crippen molar-refractivity contribution in [2.75, 3.05) is 36.4 Å². The van der Waals surface area contributed by atoms with Gasteiger partial charge in [0.15, 0.2) is 0 Å². The van der Waals surface area contributed by atoms with Gasteiger partial charge in [0, 0.05) is 49.9 Å². The first-order valence-electron chi connectivity index (χ1n) is 10.5. The quantitative estimate of drug-likeness (QED) is 0.861. The van der Waals surface area contributed by atoms with Crippen LogP contribution in [-0.2, 0) is 0 Å². The standard InChI is InChI=1S/C22H29N5O/c28-21(27-14-4-1-2-5-15-27)18-16-23-22(24-17-18)25-19-8-10-20(11-9-19)26-12-6-3-7-13-26/h8-11,16-17H,1-7,12-15H2,(H,23,24,25). The van der Waals surface area contributed by atoms with E-state index in [1.807, 2.05) is 4.90 Å². The second-order valence-electron chi connectivity index (χ2n) is 7.72. The van der Waals surface area contributed by atoms with Crippen LogP contribution in [0.25, 0.3) is 0 Å². The third-order valence-corrected chi connectivity index (χ3v) is 5.64. The number of anilines is 3. The monoisotopic (exact) mass is 379 g/mol. The summed E-state index contributed by atoms with van der Waals surface area (Å²) in [5.74, 6) is 0.553. The van der Waals surface area contributed by atoms with E-state index in [0.29, 0.717) is 11.5 Å². The van der Waals surface area contributed by atoms with Gasteiger partial charge in [-0.1, -0.05) is 12.8 Å². The van der Waals surface area contributed by atoms with Crippen LogP contribution in [0.15, 0.2) is 36.7 Å². The van der Waals surface area contributed by atoms with Crippen LogP contribution in [0, 0.1) is 0 Å². The molecule has 2 saturated heterocycles. The van der Waals surface area contributed by atoms with Gasteiger partial charge < -0.3 is 15.1 Å². The highest BCUT2D eigenvalue weighted by Gasteiger charge is 2.18. The fraction of sp³-hybridized carbons (Fsp3) is 0.500. The van der Waals surface area contributed by atoms with Gasteiger partial charge in [0.05, 0.1) is 5.56 Å². The fourth-order valence-corrected chi connectivity index (χ4v) is 4.00. The molecule has 6 heteroatoms. The number of carbonyl (C=O) groups is 1. The molecule has 2 aliphatic rings. The van der Waals surface area contributed by atoms with E-state index in [2.05, 4.69) is 44.5 Å². The van der Waals surface area contributed by atoms with E-state index < -0.39 is 0 Å². The average Bonchev–Trinajstić information content (AvgIpc) is 3.05. The SMILES string of the molecule is O=C(c1cnc(Nc2ccc(N3CCCCC3)cc2)nc1)N1CCCCCC1. The van der Waals surface area contributed by atoms with Gasteiger partial charge in [0.1, 0.15) is 0 Å². The minimum Gasteiger partial charge on any atom is -0.372 e. The molecule has 28 heavy (non-hydrogen) atoms. The van der Waals surface area contributed by atoms with Gasteiger partial charge in [0.2, 0.25) is 5.95 Å². The lowest BCUT2D eigenvalue weighted by Crippen LogP contribution is -2.32. The van der Waals surface area contributed by atoms with Crippen molar-refractivity contribution in [3.63, 3.8) is 0 Å². The summed E-state index contributed by atoms with van der Waals surface area (Å²) in [6, 6.07) is 8.41. The molecule has 0 aliphatic carbocycles. The van der Waals surface area contributed by atoms with Crippen molar-refractivity contribution in [2.45, 2.75) is 44.9 Å². The van der Waals surface area contributed by atoms with Crippen molar-refractivity contribution in [2.24, 2.45) is 0 Å². The zero-order valence-corrected chi connectivity index (χ0v) is 16.4. The van der Waals surface area contributed by atoms with Crippen molar-refractivity contribution >= 4 is 23.2 Å². The van der Waals surface area contributed by atoms with Gasteiger partial charge >= 0.3 is 0 Å². The molecule has 1 amide bonds. The van der Waals surface area contributed by atoms with E-state index in [1.54, 1.807) is 12.4 Å². The summed E-state index contributed by atoms with van der Waals surface area (Å²) in [7, 11) is 0. The highest BCUT2D eigenvalue weighted by atomic mass is 16.2. The average molecular weight is 380 g/mol. The lowest BCUT2D eigenvalue weighted by atomic mass is 10.1. The van der Waals surface area contributed by atoms with E-state index in [4.69, 9.17) is 0 Å². The maximum Gasteiger partial charge on any atom is 0.256 e. The van der Waals surface area contributed by atoms with E-state index in [9.17, 15) is 4.79 Å². The molecule has 0 saturated carbocycles. The van der Waals surface area contributed by atoms with Gasteiger partial charge in [-0.2, -0.15) is 0 Å². The zero-order valence-electron chi connectivity index (χ0n) is 16.4. The van der Waals surface area contributed by atoms with Crippen molar-refractivity contribution < 1.29 is 4.79 Å². The maximum atomic E-state index is 12.6. The highest BCUT2D eigenvalue weighted by molar-refractivity contribution is 5.93. The van der Waals surface area contributed by atoms with E-state index in [1.165, 1.54) is 37.8 Å². The van der Waals surface area contributed by atoms with Crippen LogP contribution in [0.5, 0.6) is 0 Å². The van der Waals surface area contributed by atoms with Crippen molar-refractivity contribution in [1.29, 1.82) is 0 Å². The first-order chi connectivity index (χ1) is 13.8. The molecule has 0 spiro atoms. The van der Waals surface area contributed by atoms with Crippen molar-refractivity contribution in [1.82, 2.24) is 14.9 Å². The Morgan fingerprint density at radius 1 is 0.786 bits per heavy atom. The summed E-state index contributed by atoms with van der Waals surface area (Å²) in [6.45, 7) is 3.95. The molecule has 0 radical (unpaired) electrons. The van der Waals surface area contributed by atoms with Crippen LogP contribution >= 0.6 is 0 Å². The molecule has 0 unspecified atom stereocenters. The second kappa shape index (κ2) is 9.04. The summed E-state index contributed by atoms with van der Waals surface area (Å²) in [5, 5.41) is 3.22. The molecular formula is C22H29N5O. The molecule has 2 fully saturated rings. The Hall–Kier alpha value is -2.63. The molecule has 1 aromatic heterocycles. The largest absolute Gasteiger partial charge is 0.372 e. The van der Waals surface area contributed by atoms with Gasteiger partial charge in [-0.25, -0.2) is 9.97 Å². The van der Waals surface area contributed by atoms with Gasteiger partial charge in [-0.15, -0.1) is 0 Å². The molecule has 1 aromatic carbocycles. The van der Waals surface area contributed by atoms with Crippen LogP contribution in [0.1, 0.15) is 55.3 Å². The molecule has 1 N–H and O–H groups in total. The number of aromatic nitrogens is 2. The number of benzene rings is 1. The predicted molar refractivity (Wildman–Crippen MR) is 112 cm³/mol. The summed E-state index contributed by atoms with van der Waals surface area (Å²) in [5.41, 5.74) is 2.78. The lowest BCUT2D eigenvalue weighted by molar-refractivity contribution is 0.0761. The lowest BCUT2D eigenvalue weighted by Gasteiger charge is -2.28. The number of hydrogen-bond donors (Lipinski definition) is 1. The summed E-state index contributed by atoms with van der Waals surface area (Å²) in [4.78, 5) is 25.7. The number of likely N-dealkylation sites (tertiary alicyclic amines) is 1. The molecule has 0 bridgehead atoms. The summed E-state index contributed by atoms with van der Waals surface area (Å²) >= 11 is 0. The third kappa shape index (κ3) is 4.61. The topological polar surface area (TPSA) is 61.4 Å². The number of hydrogen-bond acceptors (Lipinski definition) is 5. The van der Waals surface area contributed by atoms with Crippen LogP contribution in [0.2, 0.25) is 0 Å². The van der Waals surface area contributed by atoms with Gasteiger partial charge in [0.25, 0.3) is 5.91 Å². The zero-order chi connectivity index (χ0) is 19.2. The Kier molecular flexibility index (Phi) is 6.04. The summed E-state index contributed by atoms with van der Waals surface area (Å²) < 4.78 is 0. The first kappa shape index (κ1) is 18.7. The predicted octanol–water partition coefficient (Wildman–Crippen LogP) is 4.23. The molecule has 4 rings (SSSR count). The minimum absolute atomic E-state index is 0.0411.